The van der Waals surface area contributed by atoms with E-state index in [0.29, 0.717) is 0 Å². The highest BCUT2D eigenvalue weighted by Gasteiger charge is 2.29. The Balaban J connectivity index is 1.77. The van der Waals surface area contributed by atoms with E-state index in [4.69, 9.17) is 18.9 Å². The lowest BCUT2D eigenvalue weighted by Gasteiger charge is -2.26. The highest BCUT2D eigenvalue weighted by Crippen LogP contribution is 2.38. The van der Waals surface area contributed by atoms with Gasteiger partial charge in [0.1, 0.15) is 12.2 Å². The number of benzene rings is 1. The fourth-order valence-corrected chi connectivity index (χ4v) is 3.74. The lowest BCUT2D eigenvalue weighted by atomic mass is 9.93. The number of methoxy groups -OCH3 is 2. The maximum atomic E-state index is 5.69. The summed E-state index contributed by atoms with van der Waals surface area (Å²) in [5, 5.41) is 2.26. The Morgan fingerprint density at radius 3 is 2.72 bits per heavy atom. The Kier molecular flexibility index (Phi) is 3.20. The van der Waals surface area contributed by atoms with E-state index in [1.54, 1.807) is 14.2 Å². The third-order valence-electron chi connectivity index (χ3n) is 5.01. The van der Waals surface area contributed by atoms with Crippen LogP contribution < -0.4 is 13.9 Å². The van der Waals surface area contributed by atoms with E-state index in [9.17, 15) is 0 Å². The predicted octanol–water partition coefficient (Wildman–Crippen LogP) is 3.04. The van der Waals surface area contributed by atoms with E-state index in [-0.39, 0.29) is 19.0 Å². The number of hydrogen-bond donors (Lipinski definition) is 0. The molecule has 0 amide bonds. The molecular formula is C20H18NO4+. The Bertz CT molecular complexity index is 1030. The molecule has 5 nitrogen and oxygen atoms in total. The summed E-state index contributed by atoms with van der Waals surface area (Å²) in [7, 11) is 3.42. The Morgan fingerprint density at radius 1 is 1.08 bits per heavy atom. The fourth-order valence-electron chi connectivity index (χ4n) is 3.74. The van der Waals surface area contributed by atoms with Crippen LogP contribution in [-0.4, -0.2) is 27.1 Å². The number of hydrogen-bond acceptors (Lipinski definition) is 4. The normalized spacial score (nSPS) is 21.0. The molecule has 1 aliphatic carbocycles. The lowest BCUT2D eigenvalue weighted by Crippen LogP contribution is -2.29. The Morgan fingerprint density at radius 2 is 1.92 bits per heavy atom. The highest BCUT2D eigenvalue weighted by atomic mass is 16.7. The smallest absolute Gasteiger partial charge is 0.231 e. The monoisotopic (exact) mass is 336 g/mol. The van der Waals surface area contributed by atoms with Crippen molar-refractivity contribution in [2.45, 2.75) is 12.2 Å². The van der Waals surface area contributed by atoms with Crippen molar-refractivity contribution >= 4 is 22.4 Å². The molecule has 5 heteroatoms. The Hall–Kier alpha value is -2.63. The quantitative estimate of drug-likeness (QED) is 0.533. The van der Waals surface area contributed by atoms with Gasteiger partial charge in [0.15, 0.2) is 23.9 Å². The van der Waals surface area contributed by atoms with Crippen LogP contribution in [0.1, 0.15) is 17.2 Å². The molecule has 0 fully saturated rings. The summed E-state index contributed by atoms with van der Waals surface area (Å²) in [6, 6.07) is 8.36. The van der Waals surface area contributed by atoms with Gasteiger partial charge in [0.25, 0.3) is 0 Å². The van der Waals surface area contributed by atoms with Crippen molar-refractivity contribution < 1.29 is 23.3 Å². The van der Waals surface area contributed by atoms with Crippen LogP contribution in [-0.2, 0) is 9.47 Å². The van der Waals surface area contributed by atoms with Gasteiger partial charge >= 0.3 is 0 Å². The van der Waals surface area contributed by atoms with Crippen molar-refractivity contribution in [3.63, 3.8) is 0 Å². The summed E-state index contributed by atoms with van der Waals surface area (Å²) in [5.74, 6) is 1.60. The zero-order valence-electron chi connectivity index (χ0n) is 14.1. The second kappa shape index (κ2) is 5.44. The van der Waals surface area contributed by atoms with E-state index in [2.05, 4.69) is 41.1 Å². The molecule has 2 atom stereocenters. The van der Waals surface area contributed by atoms with Crippen LogP contribution in [0.4, 0.5) is 0 Å². The maximum Gasteiger partial charge on any atom is 0.231 e. The highest BCUT2D eigenvalue weighted by molar-refractivity contribution is 5.96. The number of aromatic nitrogens is 1. The molecule has 5 rings (SSSR count). The second-order valence-corrected chi connectivity index (χ2v) is 6.30. The van der Waals surface area contributed by atoms with Gasteiger partial charge in [-0.3, -0.25) is 0 Å². The van der Waals surface area contributed by atoms with Crippen LogP contribution >= 0.6 is 0 Å². The molecule has 0 spiro atoms. The first-order valence-corrected chi connectivity index (χ1v) is 8.23. The van der Waals surface area contributed by atoms with Crippen molar-refractivity contribution in [3.8, 4) is 11.5 Å². The molecule has 0 saturated carbocycles. The first kappa shape index (κ1) is 14.7. The molecule has 25 heavy (non-hydrogen) atoms. The van der Waals surface area contributed by atoms with Crippen molar-refractivity contribution in [2.75, 3.05) is 21.0 Å². The molecule has 1 aromatic carbocycles. The van der Waals surface area contributed by atoms with Crippen LogP contribution in [0.5, 0.6) is 11.5 Å². The largest absolute Gasteiger partial charge is 0.454 e. The Labute approximate surface area is 145 Å². The predicted molar refractivity (Wildman–Crippen MR) is 92.8 cm³/mol. The second-order valence-electron chi connectivity index (χ2n) is 6.30. The van der Waals surface area contributed by atoms with Crippen LogP contribution in [0, 0.1) is 0 Å². The summed E-state index contributed by atoms with van der Waals surface area (Å²) in [4.78, 5) is 0. The standard InChI is InChI=1S/C20H18NO4/c1-22-17-4-3-12-7-16-14-9-19-18(24-11-25-19)8-13(14)5-6-21(16)10-15(12)20(17)23-2/h3-10,17,20H,11H2,1-2H3/q+1/t17?,20-/m0/s1. The zero-order chi connectivity index (χ0) is 17.0. The first-order valence-electron chi connectivity index (χ1n) is 8.23. The number of fused-ring (bicyclic) bond motifs is 5. The molecule has 2 aromatic heterocycles. The van der Waals surface area contributed by atoms with Gasteiger partial charge in [0.2, 0.25) is 12.3 Å². The van der Waals surface area contributed by atoms with E-state index in [1.165, 1.54) is 0 Å². The minimum absolute atomic E-state index is 0.0789. The summed E-state index contributed by atoms with van der Waals surface area (Å²) < 4.78 is 24.4. The first-order chi connectivity index (χ1) is 12.3. The van der Waals surface area contributed by atoms with Crippen LogP contribution in [0.2, 0.25) is 0 Å². The molecule has 1 aliphatic heterocycles. The molecule has 126 valence electrons. The minimum atomic E-state index is -0.116. The zero-order valence-corrected chi connectivity index (χ0v) is 14.1. The molecular weight excluding hydrogens is 318 g/mol. The summed E-state index contributed by atoms with van der Waals surface area (Å²) >= 11 is 0. The van der Waals surface area contributed by atoms with Crippen molar-refractivity contribution in [2.24, 2.45) is 0 Å². The molecule has 2 aliphatic rings. The van der Waals surface area contributed by atoms with Gasteiger partial charge in [-0.15, -0.1) is 0 Å². The van der Waals surface area contributed by atoms with Crippen LogP contribution in [0.3, 0.4) is 0 Å². The molecule has 0 radical (unpaired) electrons. The summed E-state index contributed by atoms with van der Waals surface area (Å²) in [5.41, 5.74) is 3.38. The third kappa shape index (κ3) is 2.13. The van der Waals surface area contributed by atoms with E-state index in [0.717, 1.165) is 38.9 Å². The van der Waals surface area contributed by atoms with Gasteiger partial charge in [0.05, 0.1) is 10.9 Å². The van der Waals surface area contributed by atoms with Crippen molar-refractivity contribution in [1.82, 2.24) is 0 Å². The topological polar surface area (TPSA) is 41.0 Å². The molecule has 1 unspecified atom stereocenters. The molecule has 0 N–H and O–H groups in total. The van der Waals surface area contributed by atoms with E-state index in [1.807, 2.05) is 12.1 Å². The van der Waals surface area contributed by atoms with E-state index < -0.39 is 0 Å². The lowest BCUT2D eigenvalue weighted by molar-refractivity contribution is -0.511. The molecule has 3 heterocycles. The van der Waals surface area contributed by atoms with Crippen molar-refractivity contribution in [3.05, 3.63) is 53.9 Å². The third-order valence-corrected chi connectivity index (χ3v) is 5.01. The van der Waals surface area contributed by atoms with Gasteiger partial charge in [-0.1, -0.05) is 12.2 Å². The molecule has 0 bridgehead atoms. The average molecular weight is 336 g/mol. The summed E-state index contributed by atoms with van der Waals surface area (Å²) in [6.45, 7) is 0.281. The summed E-state index contributed by atoms with van der Waals surface area (Å²) in [6.07, 6.45) is 8.14. The van der Waals surface area contributed by atoms with Crippen LogP contribution in [0.15, 0.2) is 42.7 Å². The van der Waals surface area contributed by atoms with Crippen LogP contribution in [0.25, 0.3) is 22.4 Å². The number of nitrogens with zero attached hydrogens (tertiary/aromatic N) is 1. The van der Waals surface area contributed by atoms with Gasteiger partial charge in [0, 0.05) is 26.4 Å². The fraction of sp³-hybridized carbons (Fsp3) is 0.250. The maximum absolute atomic E-state index is 5.69. The van der Waals surface area contributed by atoms with Crippen molar-refractivity contribution in [1.29, 1.82) is 0 Å². The van der Waals surface area contributed by atoms with Gasteiger partial charge in [-0.25, -0.2) is 0 Å². The number of pyridine rings is 2. The average Bonchev–Trinajstić information content (AvgIpc) is 3.11. The number of rotatable bonds is 2. The van der Waals surface area contributed by atoms with Gasteiger partial charge in [-0.05, 0) is 23.1 Å². The van der Waals surface area contributed by atoms with Gasteiger partial charge in [-0.2, -0.15) is 4.40 Å². The molecule has 0 saturated heterocycles. The van der Waals surface area contributed by atoms with E-state index >= 15 is 0 Å². The minimum Gasteiger partial charge on any atom is -0.454 e. The van der Waals surface area contributed by atoms with Gasteiger partial charge < -0.3 is 18.9 Å². The number of ether oxygens (including phenoxy) is 4. The SMILES string of the molecule is COC1C=Cc2cc3c4cc5c(cc4cc[n+]3cc2[C@@H]1OC)OCO5. The molecule has 3 aromatic rings.